The molecule has 0 aromatic rings. The molecule has 0 spiro atoms. The van der Waals surface area contributed by atoms with Gasteiger partial charge in [-0.05, 0) is 18.8 Å². The number of amides is 2. The van der Waals surface area contributed by atoms with Crippen LogP contribution in [0, 0.1) is 11.8 Å². The van der Waals surface area contributed by atoms with E-state index in [1.807, 2.05) is 4.90 Å². The van der Waals surface area contributed by atoms with Crippen LogP contribution in [0.25, 0.3) is 0 Å². The fourth-order valence-corrected chi connectivity index (χ4v) is 2.10. The minimum absolute atomic E-state index is 0.0465. The Kier molecular flexibility index (Phi) is 3.17. The van der Waals surface area contributed by atoms with E-state index in [1.54, 1.807) is 0 Å². The van der Waals surface area contributed by atoms with E-state index in [4.69, 9.17) is 0 Å². The summed E-state index contributed by atoms with van der Waals surface area (Å²) in [5, 5.41) is 2.91. The van der Waals surface area contributed by atoms with Crippen molar-refractivity contribution >= 4 is 11.8 Å². The molecule has 0 radical (unpaired) electrons. The van der Waals surface area contributed by atoms with Gasteiger partial charge in [-0.3, -0.25) is 9.59 Å². The Labute approximate surface area is 96.4 Å². The number of hydrogen-bond acceptors (Lipinski definition) is 2. The molecule has 0 aromatic carbocycles. The standard InChI is InChI=1S/C12H20N2O2/c1-8(2)6-13-12(16)9-5-11(15)14(7-9)10-3-4-10/h8-10H,3-7H2,1-2H3,(H,13,16). The zero-order valence-electron chi connectivity index (χ0n) is 10.0. The molecule has 0 bridgehead atoms. The van der Waals surface area contributed by atoms with Crippen molar-refractivity contribution in [1.29, 1.82) is 0 Å². The molecule has 1 aliphatic heterocycles. The first-order valence-corrected chi connectivity index (χ1v) is 6.15. The van der Waals surface area contributed by atoms with Gasteiger partial charge in [0.1, 0.15) is 0 Å². The molecule has 1 saturated heterocycles. The molecule has 1 N–H and O–H groups in total. The maximum Gasteiger partial charge on any atom is 0.225 e. The van der Waals surface area contributed by atoms with Crippen LogP contribution in [0.3, 0.4) is 0 Å². The molecule has 2 rings (SSSR count). The predicted molar refractivity (Wildman–Crippen MR) is 60.7 cm³/mol. The van der Waals surface area contributed by atoms with Crippen molar-refractivity contribution in [3.05, 3.63) is 0 Å². The average Bonchev–Trinajstić information content (AvgIpc) is 2.99. The van der Waals surface area contributed by atoms with Gasteiger partial charge in [-0.1, -0.05) is 13.8 Å². The fraction of sp³-hybridized carbons (Fsp3) is 0.833. The van der Waals surface area contributed by atoms with Gasteiger partial charge < -0.3 is 10.2 Å². The summed E-state index contributed by atoms with van der Waals surface area (Å²) in [6, 6.07) is 0.440. The summed E-state index contributed by atoms with van der Waals surface area (Å²) >= 11 is 0. The van der Waals surface area contributed by atoms with Crippen LogP contribution in [-0.2, 0) is 9.59 Å². The van der Waals surface area contributed by atoms with Crippen LogP contribution in [0.1, 0.15) is 33.1 Å². The third-order valence-corrected chi connectivity index (χ3v) is 3.20. The molecule has 1 unspecified atom stereocenters. The number of likely N-dealkylation sites (tertiary alicyclic amines) is 1. The van der Waals surface area contributed by atoms with Crippen molar-refractivity contribution < 1.29 is 9.59 Å². The Morgan fingerprint density at radius 1 is 1.50 bits per heavy atom. The predicted octanol–water partition coefficient (Wildman–Crippen LogP) is 0.769. The zero-order chi connectivity index (χ0) is 11.7. The number of nitrogens with one attached hydrogen (secondary N) is 1. The summed E-state index contributed by atoms with van der Waals surface area (Å²) in [6.45, 7) is 5.47. The third kappa shape index (κ3) is 2.54. The van der Waals surface area contributed by atoms with Gasteiger partial charge in [-0.2, -0.15) is 0 Å². The summed E-state index contributed by atoms with van der Waals surface area (Å²) in [7, 11) is 0. The van der Waals surface area contributed by atoms with Gasteiger partial charge in [0.05, 0.1) is 5.92 Å². The Hall–Kier alpha value is -1.06. The van der Waals surface area contributed by atoms with Crippen molar-refractivity contribution in [3.63, 3.8) is 0 Å². The van der Waals surface area contributed by atoms with Crippen molar-refractivity contribution in [2.45, 2.75) is 39.2 Å². The van der Waals surface area contributed by atoms with Crippen molar-refractivity contribution in [2.24, 2.45) is 11.8 Å². The van der Waals surface area contributed by atoms with Gasteiger partial charge >= 0.3 is 0 Å². The van der Waals surface area contributed by atoms with E-state index in [0.29, 0.717) is 31.5 Å². The number of carbonyl (C=O) groups excluding carboxylic acids is 2. The fourth-order valence-electron chi connectivity index (χ4n) is 2.10. The van der Waals surface area contributed by atoms with Gasteiger partial charge in [0.25, 0.3) is 0 Å². The van der Waals surface area contributed by atoms with Crippen LogP contribution in [-0.4, -0.2) is 35.8 Å². The first kappa shape index (κ1) is 11.4. The molecule has 4 nitrogen and oxygen atoms in total. The number of rotatable bonds is 4. The maximum atomic E-state index is 11.8. The summed E-state index contributed by atoms with van der Waals surface area (Å²) in [4.78, 5) is 25.3. The zero-order valence-corrected chi connectivity index (χ0v) is 10.0. The molecule has 2 amide bonds. The van der Waals surface area contributed by atoms with Crippen molar-refractivity contribution in [1.82, 2.24) is 10.2 Å². The second-order valence-corrected chi connectivity index (χ2v) is 5.32. The molecular weight excluding hydrogens is 204 g/mol. The maximum absolute atomic E-state index is 11.8. The van der Waals surface area contributed by atoms with E-state index >= 15 is 0 Å². The van der Waals surface area contributed by atoms with Crippen LogP contribution < -0.4 is 5.32 Å². The molecule has 1 saturated carbocycles. The lowest BCUT2D eigenvalue weighted by Crippen LogP contribution is -2.35. The quantitative estimate of drug-likeness (QED) is 0.766. The Morgan fingerprint density at radius 2 is 2.19 bits per heavy atom. The average molecular weight is 224 g/mol. The van der Waals surface area contributed by atoms with Crippen molar-refractivity contribution in [3.8, 4) is 0 Å². The summed E-state index contributed by atoms with van der Waals surface area (Å²) in [5.41, 5.74) is 0. The van der Waals surface area contributed by atoms with E-state index in [9.17, 15) is 9.59 Å². The molecule has 16 heavy (non-hydrogen) atoms. The monoisotopic (exact) mass is 224 g/mol. The normalized spacial score (nSPS) is 25.3. The molecular formula is C12H20N2O2. The molecule has 90 valence electrons. The van der Waals surface area contributed by atoms with Crippen LogP contribution in [0.15, 0.2) is 0 Å². The summed E-state index contributed by atoms with van der Waals surface area (Å²) in [5.74, 6) is 0.546. The van der Waals surface area contributed by atoms with Crippen LogP contribution in [0.5, 0.6) is 0 Å². The molecule has 2 aliphatic rings. The number of nitrogens with zero attached hydrogens (tertiary/aromatic N) is 1. The van der Waals surface area contributed by atoms with E-state index in [2.05, 4.69) is 19.2 Å². The minimum Gasteiger partial charge on any atom is -0.356 e. The highest BCUT2D eigenvalue weighted by atomic mass is 16.2. The van der Waals surface area contributed by atoms with Gasteiger partial charge in [-0.25, -0.2) is 0 Å². The third-order valence-electron chi connectivity index (χ3n) is 3.20. The molecule has 0 aromatic heterocycles. The van der Waals surface area contributed by atoms with Gasteiger partial charge in [0, 0.05) is 25.6 Å². The molecule has 1 atom stereocenters. The highest BCUT2D eigenvalue weighted by Crippen LogP contribution is 2.32. The second-order valence-electron chi connectivity index (χ2n) is 5.32. The van der Waals surface area contributed by atoms with Gasteiger partial charge in [0.15, 0.2) is 0 Å². The van der Waals surface area contributed by atoms with Crippen LogP contribution in [0.2, 0.25) is 0 Å². The van der Waals surface area contributed by atoms with E-state index in [1.165, 1.54) is 0 Å². The summed E-state index contributed by atoms with van der Waals surface area (Å²) in [6.07, 6.45) is 2.64. The molecule has 4 heteroatoms. The van der Waals surface area contributed by atoms with Crippen LogP contribution >= 0.6 is 0 Å². The Balaban J connectivity index is 1.82. The molecule has 1 aliphatic carbocycles. The van der Waals surface area contributed by atoms with Crippen LogP contribution in [0.4, 0.5) is 0 Å². The van der Waals surface area contributed by atoms with E-state index in [-0.39, 0.29) is 17.7 Å². The number of carbonyl (C=O) groups is 2. The lowest BCUT2D eigenvalue weighted by Gasteiger charge is -2.15. The first-order chi connectivity index (χ1) is 7.58. The largest absolute Gasteiger partial charge is 0.356 e. The first-order valence-electron chi connectivity index (χ1n) is 6.15. The highest BCUT2D eigenvalue weighted by molar-refractivity contribution is 5.89. The van der Waals surface area contributed by atoms with Gasteiger partial charge in [-0.15, -0.1) is 0 Å². The van der Waals surface area contributed by atoms with E-state index in [0.717, 1.165) is 12.8 Å². The minimum atomic E-state index is -0.119. The topological polar surface area (TPSA) is 49.4 Å². The Bertz CT molecular complexity index is 297. The lowest BCUT2D eigenvalue weighted by atomic mass is 10.1. The van der Waals surface area contributed by atoms with Crippen molar-refractivity contribution in [2.75, 3.05) is 13.1 Å². The lowest BCUT2D eigenvalue weighted by molar-refractivity contribution is -0.129. The highest BCUT2D eigenvalue weighted by Gasteiger charge is 2.41. The Morgan fingerprint density at radius 3 is 2.75 bits per heavy atom. The smallest absolute Gasteiger partial charge is 0.225 e. The summed E-state index contributed by atoms with van der Waals surface area (Å²) < 4.78 is 0. The number of hydrogen-bond donors (Lipinski definition) is 1. The second kappa shape index (κ2) is 4.44. The molecule has 2 fully saturated rings. The van der Waals surface area contributed by atoms with Gasteiger partial charge in [0.2, 0.25) is 11.8 Å². The molecule has 1 heterocycles. The van der Waals surface area contributed by atoms with E-state index < -0.39 is 0 Å². The SMILES string of the molecule is CC(C)CNC(=O)C1CC(=O)N(C2CC2)C1.